The van der Waals surface area contributed by atoms with Gasteiger partial charge < -0.3 is 15.7 Å². The molecule has 0 saturated heterocycles. The molecule has 1 aromatic heterocycles. The summed E-state index contributed by atoms with van der Waals surface area (Å²) in [5.74, 6) is 1.11. The average molecular weight is 235 g/mol. The standard InChI is InChI=1S/C11H17N5O/c1-16(6-7-4-8(17)5-7)11-9(10(12)13)2-3-14-15-11/h2-3,7-8,17H,4-6H2,1H3,(H3,12,13). The largest absolute Gasteiger partial charge is 0.393 e. The monoisotopic (exact) mass is 235 g/mol. The van der Waals surface area contributed by atoms with Crippen LogP contribution in [-0.2, 0) is 0 Å². The van der Waals surface area contributed by atoms with Crippen molar-refractivity contribution in [1.82, 2.24) is 10.2 Å². The molecule has 6 nitrogen and oxygen atoms in total. The van der Waals surface area contributed by atoms with Crippen LogP contribution in [0.25, 0.3) is 0 Å². The Balaban J connectivity index is 2.08. The van der Waals surface area contributed by atoms with E-state index in [1.54, 1.807) is 6.07 Å². The van der Waals surface area contributed by atoms with Crippen LogP contribution in [0, 0.1) is 11.3 Å². The third-order valence-electron chi connectivity index (χ3n) is 3.10. The van der Waals surface area contributed by atoms with Crippen molar-refractivity contribution in [3.05, 3.63) is 17.8 Å². The van der Waals surface area contributed by atoms with Gasteiger partial charge in [0.1, 0.15) is 5.84 Å². The highest BCUT2D eigenvalue weighted by Gasteiger charge is 2.28. The average Bonchev–Trinajstić information content (AvgIpc) is 2.27. The number of rotatable bonds is 4. The molecule has 0 unspecified atom stereocenters. The van der Waals surface area contributed by atoms with E-state index in [4.69, 9.17) is 11.1 Å². The van der Waals surface area contributed by atoms with Gasteiger partial charge in [0.15, 0.2) is 5.82 Å². The molecule has 0 bridgehead atoms. The molecule has 2 rings (SSSR count). The highest BCUT2D eigenvalue weighted by molar-refractivity contribution is 5.99. The molecule has 1 heterocycles. The van der Waals surface area contributed by atoms with E-state index in [1.807, 2.05) is 11.9 Å². The van der Waals surface area contributed by atoms with Crippen LogP contribution in [0.3, 0.4) is 0 Å². The summed E-state index contributed by atoms with van der Waals surface area (Å²) in [5.41, 5.74) is 6.10. The fourth-order valence-corrected chi connectivity index (χ4v) is 2.14. The Morgan fingerprint density at radius 2 is 2.35 bits per heavy atom. The van der Waals surface area contributed by atoms with Gasteiger partial charge in [0, 0.05) is 13.6 Å². The van der Waals surface area contributed by atoms with Gasteiger partial charge in [0.25, 0.3) is 0 Å². The molecule has 1 aromatic rings. The van der Waals surface area contributed by atoms with Crippen LogP contribution in [0.5, 0.6) is 0 Å². The number of nitrogen functional groups attached to an aromatic ring is 1. The zero-order valence-corrected chi connectivity index (χ0v) is 9.80. The van der Waals surface area contributed by atoms with Crippen molar-refractivity contribution in [1.29, 1.82) is 5.41 Å². The fourth-order valence-electron chi connectivity index (χ4n) is 2.14. The summed E-state index contributed by atoms with van der Waals surface area (Å²) in [7, 11) is 1.90. The summed E-state index contributed by atoms with van der Waals surface area (Å²) >= 11 is 0. The maximum absolute atomic E-state index is 9.24. The summed E-state index contributed by atoms with van der Waals surface area (Å²) in [5, 5.41) is 24.6. The molecule has 17 heavy (non-hydrogen) atoms. The second kappa shape index (κ2) is 4.67. The molecule has 0 amide bonds. The number of hydrogen-bond donors (Lipinski definition) is 3. The molecular weight excluding hydrogens is 218 g/mol. The van der Waals surface area contributed by atoms with E-state index in [-0.39, 0.29) is 11.9 Å². The number of hydrogen-bond acceptors (Lipinski definition) is 5. The Morgan fingerprint density at radius 3 is 2.94 bits per heavy atom. The maximum Gasteiger partial charge on any atom is 0.162 e. The van der Waals surface area contributed by atoms with E-state index >= 15 is 0 Å². The Morgan fingerprint density at radius 1 is 1.65 bits per heavy atom. The van der Waals surface area contributed by atoms with Gasteiger partial charge in [0.2, 0.25) is 0 Å². The number of amidine groups is 1. The van der Waals surface area contributed by atoms with Gasteiger partial charge in [0.05, 0.1) is 17.9 Å². The van der Waals surface area contributed by atoms with E-state index in [2.05, 4.69) is 10.2 Å². The number of anilines is 1. The van der Waals surface area contributed by atoms with E-state index in [0.29, 0.717) is 17.3 Å². The zero-order chi connectivity index (χ0) is 12.4. The normalized spacial score (nSPS) is 22.9. The van der Waals surface area contributed by atoms with Crippen molar-refractivity contribution in [3.63, 3.8) is 0 Å². The molecule has 1 aliphatic carbocycles. The lowest BCUT2D eigenvalue weighted by Gasteiger charge is -2.35. The molecule has 92 valence electrons. The van der Waals surface area contributed by atoms with Crippen molar-refractivity contribution in [2.24, 2.45) is 11.7 Å². The lowest BCUT2D eigenvalue weighted by molar-refractivity contribution is 0.0464. The molecule has 6 heteroatoms. The first kappa shape index (κ1) is 11.8. The summed E-state index contributed by atoms with van der Waals surface area (Å²) < 4.78 is 0. The van der Waals surface area contributed by atoms with E-state index in [1.165, 1.54) is 6.20 Å². The van der Waals surface area contributed by atoms with Crippen LogP contribution < -0.4 is 10.6 Å². The van der Waals surface area contributed by atoms with Crippen LogP contribution in [0.15, 0.2) is 12.3 Å². The van der Waals surface area contributed by atoms with E-state index < -0.39 is 0 Å². The molecule has 4 N–H and O–H groups in total. The molecule has 0 radical (unpaired) electrons. The molecule has 0 aliphatic heterocycles. The van der Waals surface area contributed by atoms with Crippen LogP contribution in [0.1, 0.15) is 18.4 Å². The predicted molar refractivity (Wildman–Crippen MR) is 65.0 cm³/mol. The molecular formula is C11H17N5O. The zero-order valence-electron chi connectivity index (χ0n) is 9.80. The number of aromatic nitrogens is 2. The molecule has 1 saturated carbocycles. The van der Waals surface area contributed by atoms with Crippen LogP contribution in [0.4, 0.5) is 5.82 Å². The number of aliphatic hydroxyl groups excluding tert-OH is 1. The van der Waals surface area contributed by atoms with Crippen LogP contribution in [-0.4, -0.2) is 40.8 Å². The van der Waals surface area contributed by atoms with Gasteiger partial charge in [-0.05, 0) is 24.8 Å². The first-order chi connectivity index (χ1) is 8.08. The molecule has 0 spiro atoms. The SMILES string of the molecule is CN(CC1CC(O)C1)c1nnccc1C(=N)N. The minimum absolute atomic E-state index is 0.00426. The predicted octanol–water partition coefficient (Wildman–Crippen LogP) is -0.0322. The Hall–Kier alpha value is -1.69. The quantitative estimate of drug-likeness (QED) is 0.502. The van der Waals surface area contributed by atoms with Crippen molar-refractivity contribution in [2.45, 2.75) is 18.9 Å². The minimum Gasteiger partial charge on any atom is -0.393 e. The van der Waals surface area contributed by atoms with Gasteiger partial charge in [-0.1, -0.05) is 0 Å². The number of nitrogens with one attached hydrogen (secondary N) is 1. The maximum atomic E-state index is 9.24. The topological polar surface area (TPSA) is 99.1 Å². The number of nitrogens with zero attached hydrogens (tertiary/aromatic N) is 3. The first-order valence-corrected chi connectivity index (χ1v) is 5.63. The van der Waals surface area contributed by atoms with E-state index in [9.17, 15) is 5.11 Å². The molecule has 0 aromatic carbocycles. The summed E-state index contributed by atoms with van der Waals surface area (Å²) in [6.07, 6.45) is 3.05. The third kappa shape index (κ3) is 2.52. The number of aliphatic hydroxyl groups is 1. The Labute approximate surface area is 100.0 Å². The summed E-state index contributed by atoms with van der Waals surface area (Å²) in [6, 6.07) is 1.69. The highest BCUT2D eigenvalue weighted by Crippen LogP contribution is 2.29. The Kier molecular flexibility index (Phi) is 3.23. The van der Waals surface area contributed by atoms with Crippen molar-refractivity contribution in [3.8, 4) is 0 Å². The summed E-state index contributed by atoms with van der Waals surface area (Å²) in [6.45, 7) is 0.802. The number of nitrogens with two attached hydrogens (primary N) is 1. The first-order valence-electron chi connectivity index (χ1n) is 5.63. The smallest absolute Gasteiger partial charge is 0.162 e. The van der Waals surface area contributed by atoms with Gasteiger partial charge in [-0.25, -0.2) is 0 Å². The lowest BCUT2D eigenvalue weighted by atomic mass is 9.82. The summed E-state index contributed by atoms with van der Waals surface area (Å²) in [4.78, 5) is 1.94. The van der Waals surface area contributed by atoms with Gasteiger partial charge >= 0.3 is 0 Å². The lowest BCUT2D eigenvalue weighted by Crippen LogP contribution is -2.38. The Bertz CT molecular complexity index is 416. The van der Waals surface area contributed by atoms with Gasteiger partial charge in [-0.2, -0.15) is 5.10 Å². The van der Waals surface area contributed by atoms with Crippen LogP contribution >= 0.6 is 0 Å². The highest BCUT2D eigenvalue weighted by atomic mass is 16.3. The fraction of sp³-hybridized carbons (Fsp3) is 0.545. The second-order valence-corrected chi connectivity index (χ2v) is 4.55. The second-order valence-electron chi connectivity index (χ2n) is 4.55. The molecule has 1 fully saturated rings. The third-order valence-corrected chi connectivity index (χ3v) is 3.10. The minimum atomic E-state index is -0.150. The van der Waals surface area contributed by atoms with Crippen LogP contribution in [0.2, 0.25) is 0 Å². The van der Waals surface area contributed by atoms with Crippen molar-refractivity contribution in [2.75, 3.05) is 18.5 Å². The van der Waals surface area contributed by atoms with Gasteiger partial charge in [-0.15, -0.1) is 5.10 Å². The van der Waals surface area contributed by atoms with Crippen molar-refractivity contribution >= 4 is 11.7 Å². The molecule has 1 aliphatic rings. The van der Waals surface area contributed by atoms with Crippen molar-refractivity contribution < 1.29 is 5.11 Å². The molecule has 0 atom stereocenters. The van der Waals surface area contributed by atoms with Gasteiger partial charge in [-0.3, -0.25) is 5.41 Å². The van der Waals surface area contributed by atoms with E-state index in [0.717, 1.165) is 19.4 Å².